The zero-order chi connectivity index (χ0) is 58.1. The minimum atomic E-state index is -1.31. The highest BCUT2D eigenvalue weighted by Gasteiger charge is 2.34. The third-order valence-electron chi connectivity index (χ3n) is 15.7. The third-order valence-corrected chi connectivity index (χ3v) is 20.5. The molecule has 0 amide bonds. The summed E-state index contributed by atoms with van der Waals surface area (Å²) in [7, 11) is 14.9. The summed E-state index contributed by atoms with van der Waals surface area (Å²) in [5, 5.41) is 31.6. The average Bonchev–Trinajstić information content (AvgIpc) is 3.36. The van der Waals surface area contributed by atoms with Crippen molar-refractivity contribution in [2.45, 2.75) is 171 Å². The second-order valence-electron chi connectivity index (χ2n) is 25.3. The molecule has 8 heteroatoms. The number of nitrogens with zero attached hydrogens (tertiary/aromatic N) is 4. The lowest BCUT2D eigenvalue weighted by Crippen LogP contribution is -2.30. The van der Waals surface area contributed by atoms with E-state index in [-0.39, 0.29) is 60.6 Å². The van der Waals surface area contributed by atoms with E-state index in [0.29, 0.717) is 0 Å². The van der Waals surface area contributed by atoms with Crippen LogP contribution in [0.25, 0.3) is 11.1 Å². The van der Waals surface area contributed by atoms with Gasteiger partial charge >= 0.3 is 0 Å². The standard InChI is InChI=1S/C70H100N4O2P2/c1-41(2)55-31-51(32-56(42(3)4)67(55)71(17)18)77(52-33-57(43(5)6)68(72(19)20)58(34-52)44(7)8)63-29-25-27-49(39-75)65(63)66-50(40-76)28-26-30-64(66)78(53-35-59(45(9)10)69(73(21)22)60(36-53)46(11)12)54-37-61(47(13)14)70(74(23)24)62(38-54)48(15)16/h25-38,41-48,75-76H,39-40H2,1-24H3. The maximum Gasteiger partial charge on any atom is 0.0688 e. The second kappa shape index (κ2) is 25.8. The third kappa shape index (κ3) is 12.6. The Bertz CT molecular complexity index is 2580. The lowest BCUT2D eigenvalue weighted by atomic mass is 9.92. The molecule has 78 heavy (non-hydrogen) atoms. The summed E-state index contributed by atoms with van der Waals surface area (Å²) in [5.74, 6) is 2.18. The first-order valence-electron chi connectivity index (χ1n) is 29.1. The highest BCUT2D eigenvalue weighted by atomic mass is 31.1. The van der Waals surface area contributed by atoms with Gasteiger partial charge in [-0.05, 0) is 210 Å². The summed E-state index contributed by atoms with van der Waals surface area (Å²) in [6.07, 6.45) is 0. The molecule has 6 aromatic carbocycles. The van der Waals surface area contributed by atoms with Crippen molar-refractivity contribution in [1.29, 1.82) is 0 Å². The van der Waals surface area contributed by atoms with Crippen molar-refractivity contribution in [3.8, 4) is 11.1 Å². The molecule has 6 rings (SSSR count). The van der Waals surface area contributed by atoms with Crippen LogP contribution in [-0.4, -0.2) is 66.6 Å². The molecule has 6 nitrogen and oxygen atoms in total. The lowest BCUT2D eigenvalue weighted by molar-refractivity contribution is 0.280. The molecule has 0 aliphatic heterocycles. The number of benzene rings is 6. The largest absolute Gasteiger partial charge is 0.392 e. The van der Waals surface area contributed by atoms with Crippen LogP contribution in [0.5, 0.6) is 0 Å². The maximum atomic E-state index is 12.0. The van der Waals surface area contributed by atoms with Crippen molar-refractivity contribution in [1.82, 2.24) is 0 Å². The van der Waals surface area contributed by atoms with Crippen molar-refractivity contribution in [2.24, 2.45) is 0 Å². The van der Waals surface area contributed by atoms with Gasteiger partial charge in [-0.3, -0.25) is 0 Å². The Hall–Kier alpha value is -4.70. The molecule has 0 unspecified atom stereocenters. The van der Waals surface area contributed by atoms with Crippen molar-refractivity contribution in [2.75, 3.05) is 76.0 Å². The summed E-state index contributed by atoms with van der Waals surface area (Å²) in [6.45, 7) is 37.1. The van der Waals surface area contributed by atoms with Crippen molar-refractivity contribution in [3.63, 3.8) is 0 Å². The van der Waals surface area contributed by atoms with Crippen molar-refractivity contribution < 1.29 is 10.2 Å². The SMILES string of the molecule is CC(C)c1cc(P(c2cc(C(C)C)c(N(C)C)c(C(C)C)c2)c2cccc(CO)c2-c2c(CO)cccc2P(c2cc(C(C)C)c(N(C)C)c(C(C)C)c2)c2cc(C(C)C)c(N(C)C)c(C(C)C)c2)cc(C(C)C)c1N(C)C. The van der Waals surface area contributed by atoms with E-state index in [9.17, 15) is 10.2 Å². The van der Waals surface area contributed by atoms with Gasteiger partial charge in [-0.2, -0.15) is 0 Å². The Morgan fingerprint density at radius 1 is 0.308 bits per heavy atom. The van der Waals surface area contributed by atoms with Gasteiger partial charge in [-0.25, -0.2) is 0 Å². The van der Waals surface area contributed by atoms with E-state index in [1.165, 1.54) is 99.1 Å². The number of aliphatic hydroxyl groups is 2. The molecular formula is C70H100N4O2P2. The molecule has 0 fully saturated rings. The van der Waals surface area contributed by atoms with Crippen LogP contribution in [0.2, 0.25) is 0 Å². The molecule has 2 N–H and O–H groups in total. The number of aliphatic hydroxyl groups excluding tert-OH is 2. The van der Waals surface area contributed by atoms with Gasteiger partial charge in [0.1, 0.15) is 0 Å². The van der Waals surface area contributed by atoms with Crippen LogP contribution in [0.3, 0.4) is 0 Å². The summed E-state index contributed by atoms with van der Waals surface area (Å²) < 4.78 is 0. The van der Waals surface area contributed by atoms with Gasteiger partial charge in [-0.1, -0.05) is 147 Å². The number of hydrogen-bond acceptors (Lipinski definition) is 6. The van der Waals surface area contributed by atoms with Crippen LogP contribution >= 0.6 is 15.8 Å². The van der Waals surface area contributed by atoms with Crippen LogP contribution in [0.4, 0.5) is 22.7 Å². The summed E-state index contributed by atoms with van der Waals surface area (Å²) in [6, 6.07) is 33.6. The fourth-order valence-electron chi connectivity index (χ4n) is 12.0. The molecule has 0 aliphatic carbocycles. The van der Waals surface area contributed by atoms with Gasteiger partial charge in [0.05, 0.1) is 13.2 Å². The summed E-state index contributed by atoms with van der Waals surface area (Å²) in [4.78, 5) is 9.28. The molecule has 0 atom stereocenters. The number of anilines is 4. The molecule has 0 bridgehead atoms. The number of hydrogen-bond donors (Lipinski definition) is 2. The van der Waals surface area contributed by atoms with Gasteiger partial charge in [0.15, 0.2) is 0 Å². The highest BCUT2D eigenvalue weighted by Crippen LogP contribution is 2.49. The van der Waals surface area contributed by atoms with Crippen molar-refractivity contribution in [3.05, 3.63) is 141 Å². The predicted molar refractivity (Wildman–Crippen MR) is 351 cm³/mol. The van der Waals surface area contributed by atoms with E-state index in [4.69, 9.17) is 0 Å². The molecule has 0 saturated carbocycles. The highest BCUT2D eigenvalue weighted by molar-refractivity contribution is 7.80. The average molecular weight is 1090 g/mol. The quantitative estimate of drug-likeness (QED) is 0.0701. The van der Waals surface area contributed by atoms with Crippen LogP contribution in [0, 0.1) is 0 Å². The van der Waals surface area contributed by atoms with E-state index in [1.54, 1.807) is 0 Å². The van der Waals surface area contributed by atoms with E-state index < -0.39 is 15.8 Å². The minimum Gasteiger partial charge on any atom is -0.392 e. The van der Waals surface area contributed by atoms with Gasteiger partial charge in [-0.15, -0.1) is 0 Å². The maximum absolute atomic E-state index is 12.0. The summed E-state index contributed by atoms with van der Waals surface area (Å²) >= 11 is 0. The molecule has 0 heterocycles. The topological polar surface area (TPSA) is 53.4 Å². The smallest absolute Gasteiger partial charge is 0.0688 e. The van der Waals surface area contributed by atoms with Gasteiger partial charge in [0.2, 0.25) is 0 Å². The minimum absolute atomic E-state index is 0.148. The van der Waals surface area contributed by atoms with Crippen LogP contribution in [-0.2, 0) is 13.2 Å². The Kier molecular flexibility index (Phi) is 20.7. The molecule has 0 aromatic heterocycles. The zero-order valence-corrected chi connectivity index (χ0v) is 54.5. The van der Waals surface area contributed by atoms with E-state index in [2.05, 4.69) is 272 Å². The predicted octanol–water partition coefficient (Wildman–Crippen LogP) is 15.1. The van der Waals surface area contributed by atoms with Crippen molar-refractivity contribution >= 4 is 70.4 Å². The first-order valence-corrected chi connectivity index (χ1v) is 31.7. The second-order valence-corrected chi connectivity index (χ2v) is 29.7. The first-order chi connectivity index (χ1) is 36.6. The Morgan fingerprint density at radius 3 is 0.628 bits per heavy atom. The van der Waals surface area contributed by atoms with Gasteiger partial charge in [0, 0.05) is 79.1 Å². The lowest BCUT2D eigenvalue weighted by Gasteiger charge is -2.34. The fraction of sp³-hybridized carbons (Fsp3) is 0.486. The fourth-order valence-corrected chi connectivity index (χ4v) is 17.3. The van der Waals surface area contributed by atoms with Crippen LogP contribution in [0.1, 0.15) is 214 Å². The summed E-state index contributed by atoms with van der Waals surface area (Å²) in [5.41, 5.74) is 19.8. The molecular weight excluding hydrogens is 991 g/mol. The van der Waals surface area contributed by atoms with E-state index >= 15 is 0 Å². The molecule has 0 saturated heterocycles. The Labute approximate surface area is 477 Å². The monoisotopic (exact) mass is 1090 g/mol. The van der Waals surface area contributed by atoms with Gasteiger partial charge in [0.25, 0.3) is 0 Å². The Balaban J connectivity index is 1.95. The first kappa shape index (κ1) is 62.5. The van der Waals surface area contributed by atoms with E-state index in [0.717, 1.165) is 22.3 Å². The molecule has 6 aromatic rings. The van der Waals surface area contributed by atoms with Crippen LogP contribution < -0.4 is 51.4 Å². The van der Waals surface area contributed by atoms with Gasteiger partial charge < -0.3 is 29.8 Å². The van der Waals surface area contributed by atoms with E-state index in [1.807, 2.05) is 0 Å². The Morgan fingerprint density at radius 2 is 0.487 bits per heavy atom. The molecule has 422 valence electrons. The van der Waals surface area contributed by atoms with Crippen LogP contribution in [0.15, 0.2) is 84.9 Å². The number of rotatable bonds is 21. The molecule has 0 spiro atoms. The normalized spacial score (nSPS) is 12.2. The zero-order valence-electron chi connectivity index (χ0n) is 52.7. The molecule has 0 aliphatic rings. The molecule has 0 radical (unpaired) electrons.